The molecule has 0 amide bonds. The fourth-order valence-electron chi connectivity index (χ4n) is 2.65. The number of benzene rings is 1. The summed E-state index contributed by atoms with van der Waals surface area (Å²) in [6, 6.07) is 7.64. The number of nitrogens with zero attached hydrogens (tertiary/aromatic N) is 2. The lowest BCUT2D eigenvalue weighted by Crippen LogP contribution is -2.37. The predicted octanol–water partition coefficient (Wildman–Crippen LogP) is 2.31. The molecule has 1 aliphatic heterocycles. The first-order valence-corrected chi connectivity index (χ1v) is 7.24. The van der Waals surface area contributed by atoms with Crippen molar-refractivity contribution in [2.45, 2.75) is 25.5 Å². The molecule has 1 N–H and O–H groups in total. The molecule has 1 aromatic carbocycles. The van der Waals surface area contributed by atoms with Crippen molar-refractivity contribution in [3.05, 3.63) is 36.2 Å². The Hall–Kier alpha value is -1.85. The largest absolute Gasteiger partial charge is 0.497 e. The summed E-state index contributed by atoms with van der Waals surface area (Å²) in [5.74, 6) is 1.43. The number of aromatic nitrogens is 1. The van der Waals surface area contributed by atoms with Gasteiger partial charge in [-0.3, -0.25) is 4.90 Å². The molecule has 0 aliphatic carbocycles. The van der Waals surface area contributed by atoms with Crippen molar-refractivity contribution in [2.24, 2.45) is 0 Å². The molecule has 3 rings (SSSR count). The van der Waals surface area contributed by atoms with Crippen molar-refractivity contribution < 1.29 is 14.3 Å². The van der Waals surface area contributed by atoms with Crippen LogP contribution in [-0.4, -0.2) is 41.3 Å². The van der Waals surface area contributed by atoms with E-state index in [4.69, 9.17) is 9.15 Å². The van der Waals surface area contributed by atoms with Crippen LogP contribution < -0.4 is 4.74 Å². The quantitative estimate of drug-likeness (QED) is 0.935. The van der Waals surface area contributed by atoms with E-state index < -0.39 is 0 Å². The molecule has 5 nitrogen and oxygen atoms in total. The van der Waals surface area contributed by atoms with Gasteiger partial charge in [0.2, 0.25) is 5.89 Å². The molecule has 1 aromatic heterocycles. The summed E-state index contributed by atoms with van der Waals surface area (Å²) in [5.41, 5.74) is 1.83. The van der Waals surface area contributed by atoms with Crippen molar-refractivity contribution in [1.29, 1.82) is 0 Å². The third kappa shape index (κ3) is 3.43. The molecule has 1 fully saturated rings. The third-order valence-electron chi connectivity index (χ3n) is 3.75. The lowest BCUT2D eigenvalue weighted by Gasteiger charge is -2.29. The smallest absolute Gasteiger partial charge is 0.226 e. The minimum absolute atomic E-state index is 0.216. The summed E-state index contributed by atoms with van der Waals surface area (Å²) >= 11 is 0. The summed E-state index contributed by atoms with van der Waals surface area (Å²) in [7, 11) is 1.64. The van der Waals surface area contributed by atoms with E-state index in [9.17, 15) is 5.11 Å². The second-order valence-electron chi connectivity index (χ2n) is 5.40. The lowest BCUT2D eigenvalue weighted by molar-refractivity contribution is 0.0662. The van der Waals surface area contributed by atoms with E-state index in [1.807, 2.05) is 24.3 Å². The van der Waals surface area contributed by atoms with E-state index in [-0.39, 0.29) is 6.10 Å². The summed E-state index contributed by atoms with van der Waals surface area (Å²) in [6.07, 6.45) is 3.41. The van der Waals surface area contributed by atoms with Gasteiger partial charge in [0.1, 0.15) is 12.0 Å². The van der Waals surface area contributed by atoms with Crippen molar-refractivity contribution in [2.75, 3.05) is 20.2 Å². The van der Waals surface area contributed by atoms with Gasteiger partial charge < -0.3 is 14.3 Å². The minimum atomic E-state index is -0.216. The molecule has 1 aliphatic rings. The number of likely N-dealkylation sites (tertiary alicyclic amines) is 1. The van der Waals surface area contributed by atoms with Crippen LogP contribution in [0.25, 0.3) is 11.5 Å². The van der Waals surface area contributed by atoms with Gasteiger partial charge in [-0.15, -0.1) is 0 Å². The molecule has 1 unspecified atom stereocenters. The van der Waals surface area contributed by atoms with Crippen LogP contribution in [0.2, 0.25) is 0 Å². The molecular formula is C16H20N2O3. The van der Waals surface area contributed by atoms with Crippen LogP contribution in [0.4, 0.5) is 0 Å². The number of β-amino-alcohol motifs (C(OH)–C–C–N with tert-alkyl or cyclic N) is 1. The first kappa shape index (κ1) is 14.1. The number of rotatable bonds is 4. The van der Waals surface area contributed by atoms with Gasteiger partial charge in [0.05, 0.1) is 18.9 Å². The summed E-state index contributed by atoms with van der Waals surface area (Å²) in [4.78, 5) is 6.74. The zero-order valence-electron chi connectivity index (χ0n) is 12.2. The van der Waals surface area contributed by atoms with Crippen LogP contribution in [0.3, 0.4) is 0 Å². The van der Waals surface area contributed by atoms with E-state index in [0.29, 0.717) is 12.4 Å². The van der Waals surface area contributed by atoms with Crippen molar-refractivity contribution in [3.63, 3.8) is 0 Å². The number of ether oxygens (including phenoxy) is 1. The Kier molecular flexibility index (Phi) is 4.22. The van der Waals surface area contributed by atoms with E-state index in [1.165, 1.54) is 0 Å². The zero-order valence-corrected chi connectivity index (χ0v) is 12.2. The first-order valence-electron chi connectivity index (χ1n) is 7.24. The Morgan fingerprint density at radius 2 is 2.19 bits per heavy atom. The Morgan fingerprint density at radius 3 is 2.90 bits per heavy atom. The number of piperidine rings is 1. The second kappa shape index (κ2) is 6.28. The molecule has 0 radical (unpaired) electrons. The van der Waals surface area contributed by atoms with E-state index in [1.54, 1.807) is 13.4 Å². The Labute approximate surface area is 124 Å². The highest BCUT2D eigenvalue weighted by molar-refractivity contribution is 5.54. The molecule has 1 atom stereocenters. The number of aliphatic hydroxyl groups is 1. The van der Waals surface area contributed by atoms with E-state index >= 15 is 0 Å². The second-order valence-corrected chi connectivity index (χ2v) is 5.40. The zero-order chi connectivity index (χ0) is 14.7. The normalized spacial score (nSPS) is 19.6. The Morgan fingerprint density at radius 1 is 1.38 bits per heavy atom. The number of aliphatic hydroxyl groups excluding tert-OH is 1. The van der Waals surface area contributed by atoms with Crippen LogP contribution >= 0.6 is 0 Å². The average molecular weight is 288 g/mol. The van der Waals surface area contributed by atoms with Crippen molar-refractivity contribution in [3.8, 4) is 17.2 Å². The van der Waals surface area contributed by atoms with Crippen LogP contribution in [0.1, 0.15) is 18.5 Å². The summed E-state index contributed by atoms with van der Waals surface area (Å²) < 4.78 is 10.7. The van der Waals surface area contributed by atoms with Gasteiger partial charge in [-0.1, -0.05) is 0 Å². The van der Waals surface area contributed by atoms with Gasteiger partial charge in [-0.05, 0) is 43.7 Å². The van der Waals surface area contributed by atoms with E-state index in [0.717, 1.165) is 42.9 Å². The molecule has 5 heteroatoms. The van der Waals surface area contributed by atoms with Gasteiger partial charge in [0.15, 0.2) is 0 Å². The maximum absolute atomic E-state index is 9.69. The highest BCUT2D eigenvalue weighted by atomic mass is 16.5. The molecule has 112 valence electrons. The molecule has 0 bridgehead atoms. The van der Waals surface area contributed by atoms with Crippen LogP contribution in [-0.2, 0) is 6.54 Å². The SMILES string of the molecule is COc1ccc(-c2nc(CN3CCCC(O)C3)co2)cc1. The monoisotopic (exact) mass is 288 g/mol. The predicted molar refractivity (Wildman–Crippen MR) is 79.0 cm³/mol. The van der Waals surface area contributed by atoms with Crippen LogP contribution in [0, 0.1) is 0 Å². The molecule has 0 saturated carbocycles. The standard InChI is InChI=1S/C16H20N2O3/c1-20-15-6-4-12(5-7-15)16-17-13(11-21-16)9-18-8-2-3-14(19)10-18/h4-7,11,14,19H,2-3,8-10H2,1H3. The molecule has 2 aromatic rings. The fraction of sp³-hybridized carbons (Fsp3) is 0.438. The van der Waals surface area contributed by atoms with Crippen molar-refractivity contribution in [1.82, 2.24) is 9.88 Å². The number of oxazole rings is 1. The van der Waals surface area contributed by atoms with Crippen LogP contribution in [0.15, 0.2) is 34.9 Å². The van der Waals surface area contributed by atoms with Gasteiger partial charge in [0.25, 0.3) is 0 Å². The van der Waals surface area contributed by atoms with Gasteiger partial charge in [-0.2, -0.15) is 0 Å². The van der Waals surface area contributed by atoms with Gasteiger partial charge in [0, 0.05) is 18.7 Å². The maximum atomic E-state index is 9.69. The number of hydrogen-bond donors (Lipinski definition) is 1. The molecule has 2 heterocycles. The minimum Gasteiger partial charge on any atom is -0.497 e. The topological polar surface area (TPSA) is 58.7 Å². The highest BCUT2D eigenvalue weighted by Gasteiger charge is 2.19. The molecular weight excluding hydrogens is 268 g/mol. The first-order chi connectivity index (χ1) is 10.2. The maximum Gasteiger partial charge on any atom is 0.226 e. The van der Waals surface area contributed by atoms with Gasteiger partial charge in [-0.25, -0.2) is 4.98 Å². The average Bonchev–Trinajstić information content (AvgIpc) is 2.96. The molecule has 0 spiro atoms. The molecule has 1 saturated heterocycles. The number of methoxy groups -OCH3 is 1. The third-order valence-corrected chi connectivity index (χ3v) is 3.75. The van der Waals surface area contributed by atoms with Crippen molar-refractivity contribution >= 4 is 0 Å². The molecule has 21 heavy (non-hydrogen) atoms. The van der Waals surface area contributed by atoms with Crippen LogP contribution in [0.5, 0.6) is 5.75 Å². The Balaban J connectivity index is 1.67. The fourth-order valence-corrected chi connectivity index (χ4v) is 2.65. The van der Waals surface area contributed by atoms with E-state index in [2.05, 4.69) is 9.88 Å². The summed E-state index contributed by atoms with van der Waals surface area (Å²) in [5, 5.41) is 9.69. The summed E-state index contributed by atoms with van der Waals surface area (Å²) in [6.45, 7) is 2.43. The number of hydrogen-bond acceptors (Lipinski definition) is 5. The Bertz CT molecular complexity index is 579. The highest BCUT2D eigenvalue weighted by Crippen LogP contribution is 2.22. The lowest BCUT2D eigenvalue weighted by atomic mass is 10.1. The van der Waals surface area contributed by atoms with Gasteiger partial charge >= 0.3 is 0 Å².